The van der Waals surface area contributed by atoms with E-state index in [1.807, 2.05) is 31.2 Å². The van der Waals surface area contributed by atoms with Crippen LogP contribution in [0.15, 0.2) is 24.3 Å². The molecule has 0 aliphatic heterocycles. The van der Waals surface area contributed by atoms with Crippen LogP contribution in [0.25, 0.3) is 0 Å². The summed E-state index contributed by atoms with van der Waals surface area (Å²) < 4.78 is 16.5. The lowest BCUT2D eigenvalue weighted by atomic mass is 10.2. The summed E-state index contributed by atoms with van der Waals surface area (Å²) in [5, 5.41) is 0. The number of Topliss-reactive ketones (excluding diaryl/α,β-unsaturated/α-hetero) is 1. The van der Waals surface area contributed by atoms with Crippen LogP contribution in [-0.4, -0.2) is 28.3 Å². The second-order valence-electron chi connectivity index (χ2n) is 4.24. The molecule has 0 aliphatic carbocycles. The first kappa shape index (κ1) is 15.6. The molecule has 0 heterocycles. The molecule has 19 heavy (non-hydrogen) atoms. The number of ketones is 1. The first-order valence-corrected chi connectivity index (χ1v) is 7.58. The Morgan fingerprint density at radius 3 is 2.68 bits per heavy atom. The Labute approximate surface area is 115 Å². The number of benzene rings is 1. The minimum absolute atomic E-state index is 0.104. The van der Waals surface area contributed by atoms with Crippen molar-refractivity contribution < 1.29 is 18.5 Å². The van der Waals surface area contributed by atoms with Crippen LogP contribution in [0.5, 0.6) is 0 Å². The second-order valence-corrected chi connectivity index (χ2v) is 5.70. The van der Waals surface area contributed by atoms with Gasteiger partial charge in [0.25, 0.3) is 0 Å². The third-order valence-corrected chi connectivity index (χ3v) is 3.68. The Kier molecular flexibility index (Phi) is 6.42. The van der Waals surface area contributed by atoms with Gasteiger partial charge in [-0.15, -0.1) is 0 Å². The van der Waals surface area contributed by atoms with E-state index in [1.54, 1.807) is 6.92 Å². The zero-order valence-electron chi connectivity index (χ0n) is 11.2. The topological polar surface area (TPSA) is 60.4 Å². The highest BCUT2D eigenvalue weighted by atomic mass is 32.2. The molecule has 0 saturated heterocycles. The van der Waals surface area contributed by atoms with E-state index in [2.05, 4.69) is 4.74 Å². The standard InChI is InChI=1S/C14H18O4S/c1-3-18-14(16)8-13(15)10-19(17)9-12-6-4-5-11(2)7-12/h4-7H,3,8-10H2,1-2H3. The van der Waals surface area contributed by atoms with Crippen LogP contribution in [-0.2, 0) is 30.9 Å². The first-order valence-electron chi connectivity index (χ1n) is 6.09. The lowest BCUT2D eigenvalue weighted by Gasteiger charge is -2.03. The van der Waals surface area contributed by atoms with Gasteiger partial charge in [-0.3, -0.25) is 13.8 Å². The molecule has 0 saturated carbocycles. The van der Waals surface area contributed by atoms with Crippen molar-refractivity contribution in [1.82, 2.24) is 0 Å². The van der Waals surface area contributed by atoms with Crippen molar-refractivity contribution in [1.29, 1.82) is 0 Å². The summed E-state index contributed by atoms with van der Waals surface area (Å²) in [4.78, 5) is 22.6. The second kappa shape index (κ2) is 7.84. The fourth-order valence-electron chi connectivity index (χ4n) is 1.64. The maximum atomic E-state index is 11.8. The van der Waals surface area contributed by atoms with E-state index in [4.69, 9.17) is 0 Å². The summed E-state index contributed by atoms with van der Waals surface area (Å²) in [7, 11) is -1.29. The normalized spacial score (nSPS) is 11.9. The molecule has 0 fully saturated rings. The Bertz CT molecular complexity index is 482. The highest BCUT2D eigenvalue weighted by Gasteiger charge is 2.14. The van der Waals surface area contributed by atoms with Gasteiger partial charge in [0.15, 0.2) is 5.78 Å². The Hall–Kier alpha value is -1.49. The van der Waals surface area contributed by atoms with E-state index >= 15 is 0 Å². The van der Waals surface area contributed by atoms with Gasteiger partial charge < -0.3 is 4.74 Å². The molecule has 0 radical (unpaired) electrons. The van der Waals surface area contributed by atoms with Gasteiger partial charge in [-0.1, -0.05) is 29.8 Å². The molecule has 0 spiro atoms. The molecule has 0 amide bonds. The summed E-state index contributed by atoms with van der Waals surface area (Å²) in [5.74, 6) is -0.673. The molecule has 0 bridgehead atoms. The average molecular weight is 282 g/mol. The number of carbonyl (C=O) groups excluding carboxylic acids is 2. The monoisotopic (exact) mass is 282 g/mol. The van der Waals surface area contributed by atoms with Crippen molar-refractivity contribution in [3.8, 4) is 0 Å². The van der Waals surface area contributed by atoms with E-state index in [1.165, 1.54) is 0 Å². The van der Waals surface area contributed by atoms with Crippen molar-refractivity contribution in [2.45, 2.75) is 26.0 Å². The van der Waals surface area contributed by atoms with Crippen LogP contribution in [0, 0.1) is 6.92 Å². The fourth-order valence-corrected chi connectivity index (χ4v) is 2.76. The van der Waals surface area contributed by atoms with E-state index in [-0.39, 0.29) is 24.6 Å². The molecule has 1 rings (SSSR count). The van der Waals surface area contributed by atoms with Crippen molar-refractivity contribution in [2.24, 2.45) is 0 Å². The van der Waals surface area contributed by atoms with Gasteiger partial charge in [0.1, 0.15) is 6.42 Å². The SMILES string of the molecule is CCOC(=O)CC(=O)CS(=O)Cc1cccc(C)c1. The number of rotatable bonds is 7. The van der Waals surface area contributed by atoms with Gasteiger partial charge >= 0.3 is 5.97 Å². The van der Waals surface area contributed by atoms with Crippen molar-refractivity contribution >= 4 is 22.6 Å². The first-order chi connectivity index (χ1) is 9.01. The van der Waals surface area contributed by atoms with Gasteiger partial charge in [0, 0.05) is 16.6 Å². The number of hydrogen-bond donors (Lipinski definition) is 0. The number of aryl methyl sites for hydroxylation is 1. The number of esters is 1. The maximum Gasteiger partial charge on any atom is 0.313 e. The third-order valence-electron chi connectivity index (χ3n) is 2.38. The predicted octanol–water partition coefficient (Wildman–Crippen LogP) is 1.77. The molecule has 4 nitrogen and oxygen atoms in total. The Morgan fingerprint density at radius 2 is 2.05 bits per heavy atom. The molecule has 104 valence electrons. The van der Waals surface area contributed by atoms with Crippen LogP contribution < -0.4 is 0 Å². The summed E-state index contributed by atoms with van der Waals surface area (Å²) in [6.07, 6.45) is -0.298. The lowest BCUT2D eigenvalue weighted by Crippen LogP contribution is -2.17. The molecule has 0 aliphatic rings. The van der Waals surface area contributed by atoms with E-state index in [0.717, 1.165) is 11.1 Å². The van der Waals surface area contributed by atoms with Gasteiger partial charge in [-0.25, -0.2) is 0 Å². The molecule has 1 unspecified atom stereocenters. The largest absolute Gasteiger partial charge is 0.466 e. The average Bonchev–Trinajstić information content (AvgIpc) is 2.28. The van der Waals surface area contributed by atoms with Crippen LogP contribution in [0.2, 0.25) is 0 Å². The van der Waals surface area contributed by atoms with Crippen LogP contribution in [0.1, 0.15) is 24.5 Å². The summed E-state index contributed by atoms with van der Waals surface area (Å²) >= 11 is 0. The third kappa shape index (κ3) is 6.29. The van der Waals surface area contributed by atoms with E-state index in [9.17, 15) is 13.8 Å². The molecule has 1 aromatic rings. The van der Waals surface area contributed by atoms with Gasteiger partial charge in [0.05, 0.1) is 12.4 Å². The molecule has 5 heteroatoms. The molecule has 0 aromatic heterocycles. The number of carbonyl (C=O) groups is 2. The summed E-state index contributed by atoms with van der Waals surface area (Å²) in [6.45, 7) is 3.88. The van der Waals surface area contributed by atoms with Crippen molar-refractivity contribution in [3.63, 3.8) is 0 Å². The molecule has 1 atom stereocenters. The molecule has 0 N–H and O–H groups in total. The van der Waals surface area contributed by atoms with Gasteiger partial charge in [0.2, 0.25) is 0 Å². The Balaban J connectivity index is 2.43. The minimum atomic E-state index is -1.29. The highest BCUT2D eigenvalue weighted by molar-refractivity contribution is 7.84. The molecule has 1 aromatic carbocycles. The number of hydrogen-bond acceptors (Lipinski definition) is 4. The Morgan fingerprint density at radius 1 is 1.32 bits per heavy atom. The quantitative estimate of drug-likeness (QED) is 0.565. The molecular formula is C14H18O4S. The predicted molar refractivity (Wildman–Crippen MR) is 74.1 cm³/mol. The zero-order valence-corrected chi connectivity index (χ0v) is 12.0. The summed E-state index contributed by atoms with van der Waals surface area (Å²) in [5.41, 5.74) is 2.02. The van der Waals surface area contributed by atoms with Crippen LogP contribution in [0.4, 0.5) is 0 Å². The smallest absolute Gasteiger partial charge is 0.313 e. The highest BCUT2D eigenvalue weighted by Crippen LogP contribution is 2.07. The zero-order chi connectivity index (χ0) is 14.3. The van der Waals surface area contributed by atoms with Crippen LogP contribution in [0.3, 0.4) is 0 Å². The fraction of sp³-hybridized carbons (Fsp3) is 0.429. The van der Waals surface area contributed by atoms with Gasteiger partial charge in [-0.05, 0) is 19.4 Å². The van der Waals surface area contributed by atoms with Gasteiger partial charge in [-0.2, -0.15) is 0 Å². The number of ether oxygens (including phenoxy) is 1. The van der Waals surface area contributed by atoms with Crippen LogP contribution >= 0.6 is 0 Å². The minimum Gasteiger partial charge on any atom is -0.466 e. The summed E-state index contributed by atoms with van der Waals surface area (Å²) in [6, 6.07) is 7.66. The van der Waals surface area contributed by atoms with Crippen molar-refractivity contribution in [3.05, 3.63) is 35.4 Å². The van der Waals surface area contributed by atoms with E-state index < -0.39 is 16.8 Å². The van der Waals surface area contributed by atoms with E-state index in [0.29, 0.717) is 5.75 Å². The maximum absolute atomic E-state index is 11.8. The lowest BCUT2D eigenvalue weighted by molar-refractivity contribution is -0.145. The molecular weight excluding hydrogens is 264 g/mol. The van der Waals surface area contributed by atoms with Crippen molar-refractivity contribution in [2.75, 3.05) is 12.4 Å².